The molecule has 0 aliphatic heterocycles. The number of sulfone groups is 1. The van der Waals surface area contributed by atoms with Gasteiger partial charge in [0.25, 0.3) is 0 Å². The van der Waals surface area contributed by atoms with Gasteiger partial charge in [-0.05, 0) is 28.1 Å². The van der Waals surface area contributed by atoms with Gasteiger partial charge in [0.05, 0.1) is 10.5 Å². The molecule has 0 saturated heterocycles. The summed E-state index contributed by atoms with van der Waals surface area (Å²) >= 11 is 3.09. The second-order valence-electron chi connectivity index (χ2n) is 2.50. The van der Waals surface area contributed by atoms with E-state index >= 15 is 0 Å². The van der Waals surface area contributed by atoms with Crippen LogP contribution in [0.2, 0.25) is 0 Å². The third-order valence-electron chi connectivity index (χ3n) is 1.46. The largest absolute Gasteiger partial charge is 0.224 e. The smallest absolute Gasteiger partial charge is 0.177 e. The summed E-state index contributed by atoms with van der Waals surface area (Å²) in [6, 6.07) is 6.52. The third-order valence-corrected chi connectivity index (χ3v) is 3.56. The van der Waals surface area contributed by atoms with Crippen LogP contribution in [0, 0.1) is 11.3 Å². The average molecular weight is 260 g/mol. The van der Waals surface area contributed by atoms with Crippen LogP contribution >= 0.6 is 15.9 Å². The van der Waals surface area contributed by atoms with Crippen molar-refractivity contribution in [2.45, 2.75) is 4.90 Å². The Labute approximate surface area is 85.0 Å². The molecule has 0 amide bonds. The number of hydrogen-bond donors (Lipinski definition) is 0. The van der Waals surface area contributed by atoms with E-state index in [1.807, 2.05) is 6.07 Å². The highest BCUT2D eigenvalue weighted by Gasteiger charge is 2.16. The normalized spacial score (nSPS) is 10.8. The molecule has 0 atom stereocenters. The van der Waals surface area contributed by atoms with Gasteiger partial charge in [-0.25, -0.2) is 8.42 Å². The number of nitriles is 1. The molecule has 0 radical (unpaired) electrons. The van der Waals surface area contributed by atoms with Crippen molar-refractivity contribution in [1.82, 2.24) is 0 Å². The van der Waals surface area contributed by atoms with Crippen molar-refractivity contribution in [3.63, 3.8) is 0 Å². The fourth-order valence-corrected chi connectivity index (χ4v) is 3.16. The highest BCUT2D eigenvalue weighted by molar-refractivity contribution is 9.10. The van der Waals surface area contributed by atoms with Crippen molar-refractivity contribution >= 4 is 25.8 Å². The van der Waals surface area contributed by atoms with E-state index in [0.29, 0.717) is 4.47 Å². The van der Waals surface area contributed by atoms with E-state index in [2.05, 4.69) is 15.9 Å². The van der Waals surface area contributed by atoms with Gasteiger partial charge in [0.15, 0.2) is 9.84 Å². The molecular weight excluding hydrogens is 254 g/mol. The lowest BCUT2D eigenvalue weighted by Crippen LogP contribution is -2.01. The predicted octanol–water partition coefficient (Wildman–Crippen LogP) is 1.72. The van der Waals surface area contributed by atoms with Crippen LogP contribution in [0.15, 0.2) is 27.6 Å². The molecule has 0 aliphatic rings. The Morgan fingerprint density at radius 2 is 2.08 bits per heavy atom. The summed E-state index contributed by atoms with van der Waals surface area (Å²) < 4.78 is 22.9. The Balaban J connectivity index is 3.62. The van der Waals surface area contributed by atoms with Crippen molar-refractivity contribution in [1.29, 1.82) is 5.26 Å². The summed E-state index contributed by atoms with van der Waals surface area (Å²) in [5.41, 5.74) is 0.164. The van der Waals surface area contributed by atoms with Crippen LogP contribution in [0.1, 0.15) is 5.56 Å². The zero-order valence-corrected chi connectivity index (χ0v) is 9.18. The van der Waals surface area contributed by atoms with E-state index in [1.54, 1.807) is 12.1 Å². The lowest BCUT2D eigenvalue weighted by atomic mass is 10.2. The second-order valence-corrected chi connectivity index (χ2v) is 5.31. The SMILES string of the molecule is CS(=O)(=O)c1c(Br)cccc1C#N. The molecule has 3 nitrogen and oxygen atoms in total. The van der Waals surface area contributed by atoms with E-state index in [-0.39, 0.29) is 10.5 Å². The quantitative estimate of drug-likeness (QED) is 0.772. The zero-order valence-electron chi connectivity index (χ0n) is 6.78. The van der Waals surface area contributed by atoms with Gasteiger partial charge in [-0.1, -0.05) is 6.07 Å². The van der Waals surface area contributed by atoms with Crippen molar-refractivity contribution in [3.05, 3.63) is 28.2 Å². The van der Waals surface area contributed by atoms with E-state index in [0.717, 1.165) is 6.26 Å². The van der Waals surface area contributed by atoms with E-state index in [9.17, 15) is 8.42 Å². The maximum atomic E-state index is 11.3. The number of rotatable bonds is 1. The lowest BCUT2D eigenvalue weighted by molar-refractivity contribution is 0.601. The predicted molar refractivity (Wildman–Crippen MR) is 52.0 cm³/mol. The van der Waals surface area contributed by atoms with Crippen LogP contribution in [0.4, 0.5) is 0 Å². The first kappa shape index (κ1) is 10.2. The molecule has 68 valence electrons. The summed E-state index contributed by atoms with van der Waals surface area (Å²) in [5.74, 6) is 0. The second kappa shape index (κ2) is 3.48. The Morgan fingerprint density at radius 3 is 2.46 bits per heavy atom. The Hall–Kier alpha value is -0.860. The van der Waals surface area contributed by atoms with Crippen molar-refractivity contribution in [3.8, 4) is 6.07 Å². The summed E-state index contributed by atoms with van der Waals surface area (Å²) in [6.45, 7) is 0. The van der Waals surface area contributed by atoms with E-state index in [4.69, 9.17) is 5.26 Å². The van der Waals surface area contributed by atoms with Crippen LogP contribution in [0.3, 0.4) is 0 Å². The highest BCUT2D eigenvalue weighted by atomic mass is 79.9. The molecule has 1 rings (SSSR count). The molecule has 5 heteroatoms. The maximum absolute atomic E-state index is 11.3. The van der Waals surface area contributed by atoms with Crippen LogP contribution in [0.5, 0.6) is 0 Å². The first-order chi connectivity index (χ1) is 5.96. The molecule has 1 aromatic carbocycles. The molecule has 13 heavy (non-hydrogen) atoms. The summed E-state index contributed by atoms with van der Waals surface area (Å²) in [5, 5.41) is 8.67. The zero-order chi connectivity index (χ0) is 10.1. The first-order valence-corrected chi connectivity index (χ1v) is 6.04. The first-order valence-electron chi connectivity index (χ1n) is 3.35. The number of hydrogen-bond acceptors (Lipinski definition) is 3. The van der Waals surface area contributed by atoms with Crippen LogP contribution < -0.4 is 0 Å². The molecule has 0 aliphatic carbocycles. The molecule has 1 aromatic rings. The fourth-order valence-electron chi connectivity index (χ4n) is 0.974. The molecular formula is C8H6BrNO2S. The minimum atomic E-state index is -3.35. The van der Waals surface area contributed by atoms with Gasteiger partial charge in [-0.2, -0.15) is 5.26 Å². The molecule has 0 aromatic heterocycles. The van der Waals surface area contributed by atoms with Crippen LogP contribution in [-0.2, 0) is 9.84 Å². The Bertz CT molecular complexity index is 473. The van der Waals surface area contributed by atoms with Gasteiger partial charge in [0.1, 0.15) is 6.07 Å². The van der Waals surface area contributed by atoms with E-state index < -0.39 is 9.84 Å². The van der Waals surface area contributed by atoms with Crippen molar-refractivity contribution < 1.29 is 8.42 Å². The summed E-state index contributed by atoms with van der Waals surface area (Å²) in [6.07, 6.45) is 1.08. The maximum Gasteiger partial charge on any atom is 0.177 e. The minimum absolute atomic E-state index is 0.0532. The topological polar surface area (TPSA) is 57.9 Å². The van der Waals surface area contributed by atoms with Gasteiger partial charge in [-0.3, -0.25) is 0 Å². The average Bonchev–Trinajstić information content (AvgIpc) is 2.01. The van der Waals surface area contributed by atoms with Gasteiger partial charge < -0.3 is 0 Å². The summed E-state index contributed by atoms with van der Waals surface area (Å²) in [4.78, 5) is 0.0532. The van der Waals surface area contributed by atoms with Gasteiger partial charge in [-0.15, -0.1) is 0 Å². The minimum Gasteiger partial charge on any atom is -0.224 e. The van der Waals surface area contributed by atoms with Gasteiger partial charge >= 0.3 is 0 Å². The number of halogens is 1. The molecule has 0 fully saturated rings. The molecule has 0 saturated carbocycles. The van der Waals surface area contributed by atoms with Gasteiger partial charge in [0.2, 0.25) is 0 Å². The Kier molecular flexibility index (Phi) is 2.74. The fraction of sp³-hybridized carbons (Fsp3) is 0.125. The lowest BCUT2D eigenvalue weighted by Gasteiger charge is -2.02. The third kappa shape index (κ3) is 2.08. The molecule has 0 N–H and O–H groups in total. The Morgan fingerprint density at radius 1 is 1.46 bits per heavy atom. The summed E-state index contributed by atoms with van der Waals surface area (Å²) in [7, 11) is -3.35. The molecule has 0 heterocycles. The number of nitrogens with zero attached hydrogens (tertiary/aromatic N) is 1. The van der Waals surface area contributed by atoms with Crippen molar-refractivity contribution in [2.24, 2.45) is 0 Å². The standard InChI is InChI=1S/C8H6BrNO2S/c1-13(11,12)8-6(5-10)3-2-4-7(8)9/h2-4H,1H3. The highest BCUT2D eigenvalue weighted by Crippen LogP contribution is 2.24. The molecule has 0 unspecified atom stereocenters. The van der Waals surface area contributed by atoms with Crippen LogP contribution in [-0.4, -0.2) is 14.7 Å². The van der Waals surface area contributed by atoms with Gasteiger partial charge in [0, 0.05) is 10.7 Å². The molecule has 0 spiro atoms. The van der Waals surface area contributed by atoms with E-state index in [1.165, 1.54) is 6.07 Å². The number of benzene rings is 1. The van der Waals surface area contributed by atoms with Crippen molar-refractivity contribution in [2.75, 3.05) is 6.26 Å². The van der Waals surface area contributed by atoms with Crippen LogP contribution in [0.25, 0.3) is 0 Å². The monoisotopic (exact) mass is 259 g/mol. The molecule has 0 bridgehead atoms.